The molecule has 0 spiro atoms. The van der Waals surface area contributed by atoms with Crippen LogP contribution in [0.25, 0.3) is 0 Å². The second kappa shape index (κ2) is 8.81. The minimum atomic E-state index is -0.827. The second-order valence-electron chi connectivity index (χ2n) is 7.38. The smallest absolute Gasteiger partial charge is 0.304 e. The Morgan fingerprint density at radius 2 is 1.68 bits per heavy atom. The Kier molecular flexibility index (Phi) is 5.95. The number of hydrogen-bond acceptors (Lipinski definition) is 2. The van der Waals surface area contributed by atoms with E-state index in [4.69, 9.17) is 0 Å². The maximum atomic E-state index is 13.2. The Morgan fingerprint density at radius 1 is 1.03 bits per heavy atom. The van der Waals surface area contributed by atoms with Gasteiger partial charge in [0.25, 0.3) is 5.91 Å². The van der Waals surface area contributed by atoms with Crippen LogP contribution < -0.4 is 10.7 Å². The first kappa shape index (κ1) is 20.9. The third kappa shape index (κ3) is 4.72. The maximum absolute atomic E-state index is 13.2. The van der Waals surface area contributed by atoms with E-state index in [-0.39, 0.29) is 11.5 Å². The number of aryl methyl sites for hydroxylation is 1. The minimum Gasteiger partial charge on any atom is -0.334 e. The number of hydrazine groups is 1. The Balaban J connectivity index is 1.69. The van der Waals surface area contributed by atoms with Crippen molar-refractivity contribution in [1.29, 1.82) is 0 Å². The van der Waals surface area contributed by atoms with E-state index in [1.807, 2.05) is 61.7 Å². The van der Waals surface area contributed by atoms with Gasteiger partial charge in [-0.1, -0.05) is 45.8 Å². The quantitative estimate of drug-likeness (QED) is 0.556. The van der Waals surface area contributed by atoms with Gasteiger partial charge in [-0.15, -0.1) is 10.1 Å². The summed E-state index contributed by atoms with van der Waals surface area (Å²) in [5.41, 5.74) is 6.00. The zero-order valence-corrected chi connectivity index (χ0v) is 18.3. The molecule has 7 heteroatoms. The lowest BCUT2D eigenvalue weighted by Crippen LogP contribution is -2.42. The van der Waals surface area contributed by atoms with Crippen LogP contribution in [0.4, 0.5) is 4.39 Å². The van der Waals surface area contributed by atoms with Crippen LogP contribution in [0, 0.1) is 12.7 Å². The average Bonchev–Trinajstić information content (AvgIpc) is 3.05. The zero-order valence-electron chi connectivity index (χ0n) is 16.7. The molecule has 1 saturated heterocycles. The van der Waals surface area contributed by atoms with Gasteiger partial charge in [-0.3, -0.25) is 9.59 Å². The van der Waals surface area contributed by atoms with E-state index >= 15 is 0 Å². The number of rotatable bonds is 4. The van der Waals surface area contributed by atoms with Crippen molar-refractivity contribution in [3.63, 3.8) is 0 Å². The van der Waals surface area contributed by atoms with Gasteiger partial charge in [0.2, 0.25) is 12.3 Å². The van der Waals surface area contributed by atoms with E-state index in [2.05, 4.69) is 26.7 Å². The van der Waals surface area contributed by atoms with E-state index in [1.54, 1.807) is 4.68 Å². The van der Waals surface area contributed by atoms with E-state index in [9.17, 15) is 14.0 Å². The lowest BCUT2D eigenvalue weighted by Gasteiger charge is -2.15. The second-order valence-corrected chi connectivity index (χ2v) is 8.29. The molecule has 2 atom stereocenters. The molecule has 0 bridgehead atoms. The average molecular weight is 481 g/mol. The molecule has 0 saturated carbocycles. The summed E-state index contributed by atoms with van der Waals surface area (Å²) in [5.74, 6) is -1.19. The lowest BCUT2D eigenvalue weighted by atomic mass is 9.98. The van der Waals surface area contributed by atoms with Crippen LogP contribution >= 0.6 is 15.9 Å². The van der Waals surface area contributed by atoms with Gasteiger partial charge in [-0.25, -0.2) is 4.39 Å². The van der Waals surface area contributed by atoms with E-state index in [0.29, 0.717) is 0 Å². The fourth-order valence-corrected chi connectivity index (χ4v) is 3.74. The monoisotopic (exact) mass is 480 g/mol. The van der Waals surface area contributed by atoms with Crippen LogP contribution in [0.15, 0.2) is 77.3 Å². The molecule has 0 unspecified atom stereocenters. The minimum absolute atomic E-state index is 0.284. The van der Waals surface area contributed by atoms with Crippen molar-refractivity contribution in [1.82, 2.24) is 10.7 Å². The molecule has 31 heavy (non-hydrogen) atoms. The topological polar surface area (TPSA) is 61.2 Å². The summed E-state index contributed by atoms with van der Waals surface area (Å²) in [4.78, 5) is 25.6. The Bertz CT molecular complexity index is 1140. The fraction of sp³-hybridized carbons (Fsp3) is 0.125. The van der Waals surface area contributed by atoms with Gasteiger partial charge in [0.1, 0.15) is 5.82 Å². The number of halogens is 2. The standard InChI is InChI=1S/C24H19BrFN3O2/c1-15-2-6-17(7-3-15)22-21(27-23(30)18-8-12-20(26)13-9-18)24(31)28-29(22)14-16-4-10-19(25)11-5-16/h2-14,21-22H,1H3,(H-,27,28,30,31)/p+1/b29-14-/t21-,22-/m0/s1. The molecule has 1 fully saturated rings. The molecule has 156 valence electrons. The largest absolute Gasteiger partial charge is 0.334 e. The van der Waals surface area contributed by atoms with E-state index < -0.39 is 23.8 Å². The normalized spacial score (nSPS) is 19.3. The van der Waals surface area contributed by atoms with Crippen LogP contribution in [0.2, 0.25) is 0 Å². The van der Waals surface area contributed by atoms with Crippen molar-refractivity contribution in [3.05, 3.63) is 105 Å². The number of hydrazone groups is 1. The first-order valence-electron chi connectivity index (χ1n) is 9.73. The predicted octanol–water partition coefficient (Wildman–Crippen LogP) is 3.91. The molecule has 5 nitrogen and oxygen atoms in total. The maximum Gasteiger partial charge on any atom is 0.304 e. The SMILES string of the molecule is Cc1ccc([C@H]2[C@H](NC(=O)c3ccc(F)cc3)C(=O)N/[N+]2=C\c2ccc(Br)cc2)cc1. The lowest BCUT2D eigenvalue weighted by molar-refractivity contribution is -0.596. The molecular weight excluding hydrogens is 461 g/mol. The molecule has 2 N–H and O–H groups in total. The number of carbonyl (C=O) groups excluding carboxylic acids is 2. The summed E-state index contributed by atoms with van der Waals surface area (Å²) in [7, 11) is 0. The summed E-state index contributed by atoms with van der Waals surface area (Å²) in [6, 6.07) is 19.4. The molecule has 0 radical (unpaired) electrons. The van der Waals surface area contributed by atoms with Gasteiger partial charge in [-0.2, -0.15) is 0 Å². The highest BCUT2D eigenvalue weighted by Crippen LogP contribution is 2.26. The summed E-state index contributed by atoms with van der Waals surface area (Å²) < 4.78 is 15.9. The van der Waals surface area contributed by atoms with Crippen LogP contribution in [0.3, 0.4) is 0 Å². The molecule has 1 aliphatic heterocycles. The van der Waals surface area contributed by atoms with Crippen LogP contribution in [0.5, 0.6) is 0 Å². The molecular formula is C24H20BrFN3O2+. The van der Waals surface area contributed by atoms with Crippen LogP contribution in [-0.2, 0) is 4.79 Å². The van der Waals surface area contributed by atoms with Gasteiger partial charge in [0.15, 0.2) is 6.04 Å². The number of hydrogen-bond donors (Lipinski definition) is 2. The zero-order chi connectivity index (χ0) is 22.0. The molecule has 3 aromatic carbocycles. The third-order valence-electron chi connectivity index (χ3n) is 5.11. The molecule has 0 aliphatic carbocycles. The van der Waals surface area contributed by atoms with Gasteiger partial charge in [0.05, 0.1) is 0 Å². The van der Waals surface area contributed by atoms with Crippen molar-refractivity contribution < 1.29 is 18.7 Å². The fourth-order valence-electron chi connectivity index (χ4n) is 3.48. The molecule has 4 rings (SSSR count). The molecule has 3 aromatic rings. The summed E-state index contributed by atoms with van der Waals surface area (Å²) in [5, 5.41) is 2.81. The number of nitrogens with one attached hydrogen (secondary N) is 2. The van der Waals surface area contributed by atoms with Crippen molar-refractivity contribution in [2.24, 2.45) is 0 Å². The molecule has 1 aliphatic rings. The van der Waals surface area contributed by atoms with Crippen LogP contribution in [0.1, 0.15) is 33.1 Å². The number of benzene rings is 3. The van der Waals surface area contributed by atoms with Crippen molar-refractivity contribution in [2.45, 2.75) is 19.0 Å². The Hall–Kier alpha value is -3.32. The summed E-state index contributed by atoms with van der Waals surface area (Å²) >= 11 is 3.42. The molecule has 1 heterocycles. The van der Waals surface area contributed by atoms with Crippen molar-refractivity contribution in [3.8, 4) is 0 Å². The van der Waals surface area contributed by atoms with E-state index in [0.717, 1.165) is 21.2 Å². The summed E-state index contributed by atoms with van der Waals surface area (Å²) in [6.07, 6.45) is 1.83. The molecule has 0 aromatic heterocycles. The Labute approximate surface area is 187 Å². The van der Waals surface area contributed by atoms with Crippen LogP contribution in [-0.4, -0.2) is 28.8 Å². The Morgan fingerprint density at radius 3 is 2.32 bits per heavy atom. The first-order chi connectivity index (χ1) is 14.9. The highest BCUT2D eigenvalue weighted by atomic mass is 79.9. The highest BCUT2D eigenvalue weighted by molar-refractivity contribution is 9.10. The number of amides is 2. The van der Waals surface area contributed by atoms with Gasteiger partial charge in [0, 0.05) is 21.2 Å². The van der Waals surface area contributed by atoms with Gasteiger partial charge >= 0.3 is 5.91 Å². The third-order valence-corrected chi connectivity index (χ3v) is 5.64. The molecule has 2 amide bonds. The summed E-state index contributed by atoms with van der Waals surface area (Å²) in [6.45, 7) is 1.99. The first-order valence-corrected chi connectivity index (χ1v) is 10.5. The highest BCUT2D eigenvalue weighted by Gasteiger charge is 2.47. The van der Waals surface area contributed by atoms with Crippen molar-refractivity contribution >= 4 is 34.0 Å². The van der Waals surface area contributed by atoms with Gasteiger partial charge in [-0.05, 0) is 55.5 Å². The van der Waals surface area contributed by atoms with E-state index in [1.165, 1.54) is 24.3 Å². The number of nitrogens with zero attached hydrogens (tertiary/aromatic N) is 1. The predicted molar refractivity (Wildman–Crippen MR) is 119 cm³/mol. The van der Waals surface area contributed by atoms with Gasteiger partial charge < -0.3 is 5.32 Å². The number of carbonyl (C=O) groups is 2. The van der Waals surface area contributed by atoms with Crippen molar-refractivity contribution in [2.75, 3.05) is 0 Å².